The Morgan fingerprint density at radius 1 is 1.44 bits per heavy atom. The van der Waals surface area contributed by atoms with Gasteiger partial charge in [-0.2, -0.15) is 0 Å². The number of likely N-dealkylation sites (N-methyl/N-ethyl adjacent to an activating group) is 1. The standard InChI is InChI=1S/C13H17NOS/c1-9-6-13(16-10(9)2)12(14-3)7-11-4-5-15-8-11/h4-6,8,12,14H,7H2,1-3H3. The van der Waals surface area contributed by atoms with Crippen molar-refractivity contribution in [2.75, 3.05) is 7.05 Å². The van der Waals surface area contributed by atoms with Crippen LogP contribution >= 0.6 is 11.3 Å². The summed E-state index contributed by atoms with van der Waals surface area (Å²) in [5, 5.41) is 3.37. The second kappa shape index (κ2) is 4.85. The Bertz CT molecular complexity index is 425. The normalized spacial score (nSPS) is 12.9. The van der Waals surface area contributed by atoms with Crippen molar-refractivity contribution in [2.45, 2.75) is 26.3 Å². The summed E-state index contributed by atoms with van der Waals surface area (Å²) in [6.07, 6.45) is 4.52. The third-order valence-corrected chi connectivity index (χ3v) is 4.16. The maximum atomic E-state index is 5.10. The minimum atomic E-state index is 0.384. The van der Waals surface area contributed by atoms with Gasteiger partial charge in [-0.1, -0.05) is 0 Å². The van der Waals surface area contributed by atoms with Gasteiger partial charge in [0.2, 0.25) is 0 Å². The van der Waals surface area contributed by atoms with Crippen LogP contribution in [-0.2, 0) is 6.42 Å². The number of hydrogen-bond donors (Lipinski definition) is 1. The monoisotopic (exact) mass is 235 g/mol. The topological polar surface area (TPSA) is 25.2 Å². The third-order valence-electron chi connectivity index (χ3n) is 2.90. The van der Waals surface area contributed by atoms with Crippen molar-refractivity contribution >= 4 is 11.3 Å². The highest BCUT2D eigenvalue weighted by Gasteiger charge is 2.14. The minimum Gasteiger partial charge on any atom is -0.472 e. The Morgan fingerprint density at radius 2 is 2.25 bits per heavy atom. The first-order valence-electron chi connectivity index (χ1n) is 5.46. The van der Waals surface area contributed by atoms with Gasteiger partial charge in [0.15, 0.2) is 0 Å². The van der Waals surface area contributed by atoms with Crippen molar-refractivity contribution in [1.82, 2.24) is 5.32 Å². The van der Waals surface area contributed by atoms with E-state index in [4.69, 9.17) is 4.42 Å². The minimum absolute atomic E-state index is 0.384. The van der Waals surface area contributed by atoms with Crippen LogP contribution < -0.4 is 5.32 Å². The zero-order valence-electron chi connectivity index (χ0n) is 9.91. The molecule has 0 radical (unpaired) electrons. The lowest BCUT2D eigenvalue weighted by Crippen LogP contribution is -2.17. The molecule has 0 spiro atoms. The summed E-state index contributed by atoms with van der Waals surface area (Å²) >= 11 is 1.88. The SMILES string of the molecule is CNC(Cc1ccoc1)c1cc(C)c(C)s1. The Hall–Kier alpha value is -1.06. The summed E-state index contributed by atoms with van der Waals surface area (Å²) in [6, 6.07) is 4.69. The van der Waals surface area contributed by atoms with E-state index < -0.39 is 0 Å². The molecule has 2 heterocycles. The molecule has 2 nitrogen and oxygen atoms in total. The number of hydrogen-bond acceptors (Lipinski definition) is 3. The van der Waals surface area contributed by atoms with Crippen molar-refractivity contribution < 1.29 is 4.42 Å². The van der Waals surface area contributed by atoms with E-state index in [0.29, 0.717) is 6.04 Å². The summed E-state index contributed by atoms with van der Waals surface area (Å²) in [7, 11) is 2.01. The highest BCUT2D eigenvalue weighted by atomic mass is 32.1. The van der Waals surface area contributed by atoms with E-state index in [2.05, 4.69) is 25.2 Å². The summed E-state index contributed by atoms with van der Waals surface area (Å²) in [6.45, 7) is 4.34. The third kappa shape index (κ3) is 2.36. The smallest absolute Gasteiger partial charge is 0.0935 e. The van der Waals surface area contributed by atoms with Gasteiger partial charge in [0.05, 0.1) is 12.5 Å². The molecule has 1 unspecified atom stereocenters. The molecule has 16 heavy (non-hydrogen) atoms. The molecule has 0 bridgehead atoms. The molecule has 2 rings (SSSR count). The van der Waals surface area contributed by atoms with Crippen LogP contribution in [-0.4, -0.2) is 7.05 Å². The maximum absolute atomic E-state index is 5.10. The van der Waals surface area contributed by atoms with Gasteiger partial charge < -0.3 is 9.73 Å². The lowest BCUT2D eigenvalue weighted by molar-refractivity contribution is 0.553. The Kier molecular flexibility index (Phi) is 3.46. The van der Waals surface area contributed by atoms with Crippen molar-refractivity contribution in [3.05, 3.63) is 45.5 Å². The number of rotatable bonds is 4. The fourth-order valence-electron chi connectivity index (χ4n) is 1.76. The van der Waals surface area contributed by atoms with Gasteiger partial charge in [0, 0.05) is 15.8 Å². The van der Waals surface area contributed by atoms with Crippen LogP contribution in [0.5, 0.6) is 0 Å². The first kappa shape index (κ1) is 11.4. The average Bonchev–Trinajstić information content (AvgIpc) is 2.86. The van der Waals surface area contributed by atoms with Crippen LogP contribution in [0.4, 0.5) is 0 Å². The molecule has 86 valence electrons. The lowest BCUT2D eigenvalue weighted by atomic mass is 10.1. The van der Waals surface area contributed by atoms with Gasteiger partial charge in [-0.15, -0.1) is 11.3 Å². The van der Waals surface area contributed by atoms with Gasteiger partial charge >= 0.3 is 0 Å². The fraction of sp³-hybridized carbons (Fsp3) is 0.385. The van der Waals surface area contributed by atoms with Crippen molar-refractivity contribution in [3.63, 3.8) is 0 Å². The zero-order chi connectivity index (χ0) is 11.5. The molecular weight excluding hydrogens is 218 g/mol. The molecule has 0 aliphatic carbocycles. The molecule has 3 heteroatoms. The molecule has 0 aromatic carbocycles. The first-order valence-corrected chi connectivity index (χ1v) is 6.27. The van der Waals surface area contributed by atoms with Gasteiger partial charge in [-0.25, -0.2) is 0 Å². The summed E-state index contributed by atoms with van der Waals surface area (Å²) in [5.41, 5.74) is 2.62. The molecule has 2 aromatic rings. The van der Waals surface area contributed by atoms with E-state index in [1.54, 1.807) is 6.26 Å². The Labute approximate surface area is 100 Å². The van der Waals surface area contributed by atoms with E-state index in [1.165, 1.54) is 20.9 Å². The first-order chi connectivity index (χ1) is 7.70. The summed E-state index contributed by atoms with van der Waals surface area (Å²) < 4.78 is 5.10. The summed E-state index contributed by atoms with van der Waals surface area (Å²) in [4.78, 5) is 2.81. The molecule has 2 aromatic heterocycles. The van der Waals surface area contributed by atoms with Gasteiger partial charge in [0.1, 0.15) is 0 Å². The molecule has 0 fully saturated rings. The van der Waals surface area contributed by atoms with Crippen LogP contribution in [0.25, 0.3) is 0 Å². The van der Waals surface area contributed by atoms with Crippen LogP contribution in [0.3, 0.4) is 0 Å². The van der Waals surface area contributed by atoms with E-state index in [1.807, 2.05) is 30.7 Å². The predicted octanol–water partition coefficient (Wildman–Crippen LogP) is 3.46. The van der Waals surface area contributed by atoms with Gasteiger partial charge in [0.25, 0.3) is 0 Å². The maximum Gasteiger partial charge on any atom is 0.0935 e. The second-order valence-electron chi connectivity index (χ2n) is 4.06. The van der Waals surface area contributed by atoms with E-state index in [9.17, 15) is 0 Å². The Morgan fingerprint density at radius 3 is 2.75 bits per heavy atom. The van der Waals surface area contributed by atoms with E-state index in [0.717, 1.165) is 6.42 Å². The number of nitrogens with one attached hydrogen (secondary N) is 1. The van der Waals surface area contributed by atoms with Crippen molar-refractivity contribution in [1.29, 1.82) is 0 Å². The van der Waals surface area contributed by atoms with Crippen LogP contribution in [0.2, 0.25) is 0 Å². The van der Waals surface area contributed by atoms with Crippen molar-refractivity contribution in [3.8, 4) is 0 Å². The zero-order valence-corrected chi connectivity index (χ0v) is 10.7. The van der Waals surface area contributed by atoms with Crippen LogP contribution in [0.15, 0.2) is 29.1 Å². The van der Waals surface area contributed by atoms with Crippen molar-refractivity contribution in [2.24, 2.45) is 0 Å². The molecule has 0 saturated carbocycles. The Balaban J connectivity index is 2.16. The molecule has 0 aliphatic heterocycles. The highest BCUT2D eigenvalue weighted by molar-refractivity contribution is 7.12. The molecule has 0 aliphatic rings. The largest absolute Gasteiger partial charge is 0.472 e. The molecule has 1 atom stereocenters. The second-order valence-corrected chi connectivity index (χ2v) is 5.35. The lowest BCUT2D eigenvalue weighted by Gasteiger charge is -2.12. The molecule has 0 saturated heterocycles. The quantitative estimate of drug-likeness (QED) is 0.878. The highest BCUT2D eigenvalue weighted by Crippen LogP contribution is 2.28. The van der Waals surface area contributed by atoms with Crippen LogP contribution in [0.1, 0.15) is 26.9 Å². The van der Waals surface area contributed by atoms with Crippen LogP contribution in [0, 0.1) is 13.8 Å². The summed E-state index contributed by atoms with van der Waals surface area (Å²) in [5.74, 6) is 0. The van der Waals surface area contributed by atoms with Gasteiger partial charge in [-0.05, 0) is 50.6 Å². The van der Waals surface area contributed by atoms with Gasteiger partial charge in [-0.3, -0.25) is 0 Å². The fourth-order valence-corrected chi connectivity index (χ4v) is 2.92. The molecular formula is C13H17NOS. The van der Waals surface area contributed by atoms with E-state index >= 15 is 0 Å². The predicted molar refractivity (Wildman–Crippen MR) is 68.0 cm³/mol. The number of thiophene rings is 1. The number of aryl methyl sites for hydroxylation is 2. The molecule has 0 amide bonds. The molecule has 1 N–H and O–H groups in total. The van der Waals surface area contributed by atoms with E-state index in [-0.39, 0.29) is 0 Å². The average molecular weight is 235 g/mol. The number of furan rings is 1.